The molecule has 1 amide bonds. The van der Waals surface area contributed by atoms with E-state index in [1.165, 1.54) is 24.2 Å². The normalized spacial score (nSPS) is 21.3. The summed E-state index contributed by atoms with van der Waals surface area (Å²) in [6, 6.07) is 0. The number of hydrogen-bond donors (Lipinski definition) is 3. The van der Waals surface area contributed by atoms with Crippen molar-refractivity contribution in [3.63, 3.8) is 0 Å². The molecule has 0 aromatic carbocycles. The zero-order chi connectivity index (χ0) is 22.4. The van der Waals surface area contributed by atoms with E-state index in [0.29, 0.717) is 41.9 Å². The molecule has 2 heterocycles. The summed E-state index contributed by atoms with van der Waals surface area (Å²) in [5.41, 5.74) is 0.516. The van der Waals surface area contributed by atoms with Crippen LogP contribution in [0.3, 0.4) is 0 Å². The molecule has 1 unspecified atom stereocenters. The molecular weight excluding hydrogens is 423 g/mol. The Labute approximate surface area is 184 Å². The molecule has 0 bridgehead atoms. The molecule has 11 heteroatoms. The molecule has 31 heavy (non-hydrogen) atoms. The van der Waals surface area contributed by atoms with Gasteiger partial charge in [-0.3, -0.25) is 10.1 Å². The standard InChI is InChI=1S/C20H27FN6O3S/c1-12-6-7-20(3,9-12)31-18-16(21)17(26-27-18)25-14-10-22-11-15(24-14)30-8-4-5-13(2)23-19(28)29/h10-12H,4-9H2,1-3H3,(H,28,29)(H2,24,25,26,27)/b23-13+/t12-,20?/m1/s1. The van der Waals surface area contributed by atoms with Crippen molar-refractivity contribution in [1.29, 1.82) is 0 Å². The number of anilines is 2. The summed E-state index contributed by atoms with van der Waals surface area (Å²) in [6.45, 7) is 6.35. The number of H-pyrrole nitrogens is 1. The molecule has 1 aliphatic rings. The third-order valence-corrected chi connectivity index (χ3v) is 6.38. The smallest absolute Gasteiger partial charge is 0.431 e. The van der Waals surface area contributed by atoms with Crippen LogP contribution in [0.25, 0.3) is 0 Å². The topological polar surface area (TPSA) is 125 Å². The molecule has 0 aliphatic heterocycles. The molecule has 2 aromatic heterocycles. The number of rotatable bonds is 9. The van der Waals surface area contributed by atoms with Gasteiger partial charge in [-0.25, -0.2) is 4.79 Å². The fourth-order valence-electron chi connectivity index (χ4n) is 3.61. The maximum absolute atomic E-state index is 14.8. The summed E-state index contributed by atoms with van der Waals surface area (Å²) in [7, 11) is 0. The fraction of sp³-hybridized carbons (Fsp3) is 0.550. The maximum Gasteiger partial charge on any atom is 0.431 e. The van der Waals surface area contributed by atoms with Gasteiger partial charge in [0.05, 0.1) is 19.0 Å². The van der Waals surface area contributed by atoms with Crippen molar-refractivity contribution in [3.05, 3.63) is 18.2 Å². The summed E-state index contributed by atoms with van der Waals surface area (Å²) >= 11 is 1.47. The maximum atomic E-state index is 14.8. The monoisotopic (exact) mass is 450 g/mol. The van der Waals surface area contributed by atoms with Crippen LogP contribution in [0.4, 0.5) is 20.8 Å². The molecule has 3 N–H and O–H groups in total. The van der Waals surface area contributed by atoms with Crippen LogP contribution in [0.15, 0.2) is 22.4 Å². The predicted octanol–water partition coefficient (Wildman–Crippen LogP) is 5.05. The molecule has 168 valence electrons. The van der Waals surface area contributed by atoms with Crippen LogP contribution in [0.5, 0.6) is 5.88 Å². The largest absolute Gasteiger partial charge is 0.477 e. The van der Waals surface area contributed by atoms with E-state index in [1.807, 2.05) is 0 Å². The van der Waals surface area contributed by atoms with Crippen LogP contribution in [0.2, 0.25) is 0 Å². The second-order valence-corrected chi connectivity index (χ2v) is 9.64. The quantitative estimate of drug-likeness (QED) is 0.358. The Bertz CT molecular complexity index is 953. The zero-order valence-electron chi connectivity index (χ0n) is 17.8. The highest BCUT2D eigenvalue weighted by molar-refractivity contribution is 8.00. The Morgan fingerprint density at radius 2 is 2.32 bits per heavy atom. The number of nitrogens with zero attached hydrogens (tertiary/aromatic N) is 4. The number of carbonyl (C=O) groups is 1. The molecule has 0 saturated heterocycles. The lowest BCUT2D eigenvalue weighted by atomic mass is 10.1. The third kappa shape index (κ3) is 6.65. The van der Waals surface area contributed by atoms with E-state index in [-0.39, 0.29) is 16.4 Å². The number of hydrogen-bond acceptors (Lipinski definition) is 7. The van der Waals surface area contributed by atoms with Crippen LogP contribution < -0.4 is 10.1 Å². The van der Waals surface area contributed by atoms with Crippen molar-refractivity contribution in [2.45, 2.75) is 62.6 Å². The molecule has 1 aliphatic carbocycles. The first-order chi connectivity index (χ1) is 14.7. The van der Waals surface area contributed by atoms with Gasteiger partial charge in [0.25, 0.3) is 0 Å². The minimum absolute atomic E-state index is 0.00614. The van der Waals surface area contributed by atoms with Crippen LogP contribution in [0.1, 0.15) is 52.9 Å². The summed E-state index contributed by atoms with van der Waals surface area (Å²) < 4.78 is 20.4. The van der Waals surface area contributed by atoms with Crippen molar-refractivity contribution < 1.29 is 19.0 Å². The molecule has 0 radical (unpaired) electrons. The van der Waals surface area contributed by atoms with E-state index in [9.17, 15) is 9.18 Å². The minimum Gasteiger partial charge on any atom is -0.477 e. The number of amides is 1. The van der Waals surface area contributed by atoms with Gasteiger partial charge in [0.2, 0.25) is 5.88 Å². The molecular formula is C20H27FN6O3S. The molecule has 1 saturated carbocycles. The van der Waals surface area contributed by atoms with Gasteiger partial charge in [-0.15, -0.1) is 0 Å². The number of aromatic nitrogens is 4. The molecule has 2 aromatic rings. The molecule has 2 atom stereocenters. The lowest BCUT2D eigenvalue weighted by molar-refractivity contribution is 0.205. The Hall–Kier alpha value is -2.69. The first-order valence-corrected chi connectivity index (χ1v) is 11.0. The van der Waals surface area contributed by atoms with Crippen LogP contribution >= 0.6 is 11.8 Å². The minimum atomic E-state index is -1.21. The first kappa shape index (κ1) is 23.0. The third-order valence-electron chi connectivity index (χ3n) is 5.05. The summed E-state index contributed by atoms with van der Waals surface area (Å²) in [4.78, 5) is 22.3. The SMILES string of the molecule is C/C(CCCOc1cncc(Nc2[nH]nc(SC3(C)CC[C@@H](C)C3)c2F)n1)=N\C(=O)O. The predicted molar refractivity (Wildman–Crippen MR) is 117 cm³/mol. The summed E-state index contributed by atoms with van der Waals surface area (Å²) in [6.07, 6.45) is 6.01. The van der Waals surface area contributed by atoms with Gasteiger partial charge < -0.3 is 15.2 Å². The number of halogens is 1. The average molecular weight is 451 g/mol. The van der Waals surface area contributed by atoms with Gasteiger partial charge in [0.1, 0.15) is 0 Å². The van der Waals surface area contributed by atoms with Crippen molar-refractivity contribution in [2.75, 3.05) is 11.9 Å². The van der Waals surface area contributed by atoms with E-state index in [4.69, 9.17) is 9.84 Å². The Morgan fingerprint density at radius 3 is 3.03 bits per heavy atom. The van der Waals surface area contributed by atoms with Crippen LogP contribution in [-0.2, 0) is 0 Å². The number of aliphatic imine (C=N–C) groups is 1. The van der Waals surface area contributed by atoms with Gasteiger partial charge >= 0.3 is 6.09 Å². The lowest BCUT2D eigenvalue weighted by Gasteiger charge is -2.21. The van der Waals surface area contributed by atoms with Crippen molar-refractivity contribution >= 4 is 35.2 Å². The average Bonchev–Trinajstić information content (AvgIpc) is 3.21. The summed E-state index contributed by atoms with van der Waals surface area (Å²) in [5, 5.41) is 18.6. The Morgan fingerprint density at radius 1 is 1.52 bits per heavy atom. The van der Waals surface area contributed by atoms with Gasteiger partial charge in [-0.1, -0.05) is 25.6 Å². The highest BCUT2D eigenvalue weighted by Crippen LogP contribution is 2.47. The van der Waals surface area contributed by atoms with E-state index in [2.05, 4.69) is 44.3 Å². The lowest BCUT2D eigenvalue weighted by Crippen LogP contribution is -2.15. The van der Waals surface area contributed by atoms with Crippen molar-refractivity contribution in [2.24, 2.45) is 10.9 Å². The van der Waals surface area contributed by atoms with E-state index >= 15 is 0 Å². The number of ether oxygens (including phenoxy) is 1. The first-order valence-electron chi connectivity index (χ1n) is 10.2. The second-order valence-electron chi connectivity index (χ2n) is 8.07. The number of thioether (sulfide) groups is 1. The van der Waals surface area contributed by atoms with Crippen molar-refractivity contribution in [1.82, 2.24) is 20.2 Å². The number of aromatic amines is 1. The van der Waals surface area contributed by atoms with E-state index < -0.39 is 11.9 Å². The number of nitrogens with one attached hydrogen (secondary N) is 2. The summed E-state index contributed by atoms with van der Waals surface area (Å²) in [5.74, 6) is 0.931. The molecule has 3 rings (SSSR count). The molecule has 0 spiro atoms. The van der Waals surface area contributed by atoms with Gasteiger partial charge in [-0.05, 0) is 44.9 Å². The molecule has 9 nitrogen and oxygen atoms in total. The van der Waals surface area contributed by atoms with Crippen LogP contribution in [-0.4, -0.2) is 48.4 Å². The van der Waals surface area contributed by atoms with Gasteiger partial charge in [0, 0.05) is 10.5 Å². The van der Waals surface area contributed by atoms with E-state index in [1.54, 1.807) is 6.92 Å². The van der Waals surface area contributed by atoms with Gasteiger partial charge in [-0.2, -0.15) is 19.5 Å². The van der Waals surface area contributed by atoms with Crippen LogP contribution in [0, 0.1) is 11.7 Å². The highest BCUT2D eigenvalue weighted by Gasteiger charge is 2.36. The second kappa shape index (κ2) is 10.1. The highest BCUT2D eigenvalue weighted by atomic mass is 32.2. The fourth-order valence-corrected chi connectivity index (χ4v) is 4.95. The Kier molecular flexibility index (Phi) is 7.47. The van der Waals surface area contributed by atoms with Crippen molar-refractivity contribution in [3.8, 4) is 5.88 Å². The number of carboxylic acid groups (broad SMARTS) is 1. The zero-order valence-corrected chi connectivity index (χ0v) is 18.6. The molecule has 1 fully saturated rings. The Balaban J connectivity index is 1.55. The van der Waals surface area contributed by atoms with Gasteiger partial charge in [0.15, 0.2) is 22.5 Å². The van der Waals surface area contributed by atoms with E-state index in [0.717, 1.165) is 19.3 Å².